The summed E-state index contributed by atoms with van der Waals surface area (Å²) in [6.45, 7) is 0. The second-order valence-electron chi connectivity index (χ2n) is 4.62. The van der Waals surface area contributed by atoms with E-state index in [0.717, 1.165) is 6.42 Å². The topological polar surface area (TPSA) is 26.0 Å². The molecule has 0 saturated carbocycles. The zero-order valence-corrected chi connectivity index (χ0v) is 13.3. The summed E-state index contributed by atoms with van der Waals surface area (Å²) in [5.74, 6) is 0. The van der Waals surface area contributed by atoms with Gasteiger partial charge in [-0.15, -0.1) is 11.3 Å². The summed E-state index contributed by atoms with van der Waals surface area (Å²) in [7, 11) is 0. The van der Waals surface area contributed by atoms with Gasteiger partial charge in [0.2, 0.25) is 0 Å². The van der Waals surface area contributed by atoms with Gasteiger partial charge in [-0.3, -0.25) is 0 Å². The molecule has 0 aliphatic heterocycles. The molecular weight excluding hydrogens is 365 g/mol. The highest BCUT2D eigenvalue weighted by molar-refractivity contribution is 14.1. The smallest absolute Gasteiger partial charge is 0.0345 e. The van der Waals surface area contributed by atoms with Crippen LogP contribution in [0, 0.1) is 3.57 Å². The van der Waals surface area contributed by atoms with Gasteiger partial charge < -0.3 is 5.73 Å². The molecule has 0 spiro atoms. The second-order valence-corrected chi connectivity index (χ2v) is 6.78. The van der Waals surface area contributed by atoms with Crippen LogP contribution in [0.15, 0.2) is 53.9 Å². The third-order valence-electron chi connectivity index (χ3n) is 3.30. The van der Waals surface area contributed by atoms with Gasteiger partial charge in [0.25, 0.3) is 0 Å². The summed E-state index contributed by atoms with van der Waals surface area (Å²) >= 11 is 4.11. The number of halogens is 1. The first-order chi connectivity index (χ1) is 9.24. The van der Waals surface area contributed by atoms with E-state index in [1.807, 2.05) is 0 Å². The Kier molecular flexibility index (Phi) is 3.86. The molecule has 3 heteroatoms. The highest BCUT2D eigenvalue weighted by Gasteiger charge is 2.10. The predicted octanol–water partition coefficient (Wildman–Crippen LogP) is 4.75. The maximum absolute atomic E-state index is 6.33. The van der Waals surface area contributed by atoms with E-state index in [0.29, 0.717) is 0 Å². The SMILES string of the molecule is NC(Cc1csc2ccccc12)c1ccc(I)cc1. The number of hydrogen-bond donors (Lipinski definition) is 1. The largest absolute Gasteiger partial charge is 0.324 e. The standard InChI is InChI=1S/C16H14INS/c17-13-7-5-11(6-8-13)15(18)9-12-10-19-16-4-2-1-3-14(12)16/h1-8,10,15H,9,18H2. The lowest BCUT2D eigenvalue weighted by molar-refractivity contribution is 0.726. The Morgan fingerprint density at radius 2 is 1.79 bits per heavy atom. The first-order valence-corrected chi connectivity index (χ1v) is 8.16. The summed E-state index contributed by atoms with van der Waals surface area (Å²) in [5.41, 5.74) is 8.89. The molecule has 0 fully saturated rings. The van der Waals surface area contributed by atoms with Crippen molar-refractivity contribution in [2.45, 2.75) is 12.5 Å². The molecule has 2 N–H and O–H groups in total. The average Bonchev–Trinajstić information content (AvgIpc) is 2.83. The molecule has 1 aromatic heterocycles. The van der Waals surface area contributed by atoms with Gasteiger partial charge in [-0.2, -0.15) is 0 Å². The Labute approximate surface area is 130 Å². The molecule has 1 unspecified atom stereocenters. The monoisotopic (exact) mass is 379 g/mol. The van der Waals surface area contributed by atoms with Gasteiger partial charge in [0.05, 0.1) is 0 Å². The van der Waals surface area contributed by atoms with Crippen LogP contribution in [0.25, 0.3) is 10.1 Å². The first kappa shape index (κ1) is 13.1. The molecule has 0 saturated heterocycles. The van der Waals surface area contributed by atoms with Crippen LogP contribution in [0.3, 0.4) is 0 Å². The van der Waals surface area contributed by atoms with Crippen molar-refractivity contribution in [3.05, 3.63) is 68.6 Å². The van der Waals surface area contributed by atoms with Crippen LogP contribution in [0.2, 0.25) is 0 Å². The van der Waals surface area contributed by atoms with Crippen molar-refractivity contribution >= 4 is 44.0 Å². The number of thiophene rings is 1. The summed E-state index contributed by atoms with van der Waals surface area (Å²) in [4.78, 5) is 0. The minimum atomic E-state index is 0.0648. The molecule has 3 aromatic rings. The number of rotatable bonds is 3. The van der Waals surface area contributed by atoms with Gasteiger partial charge in [0.15, 0.2) is 0 Å². The minimum Gasteiger partial charge on any atom is -0.324 e. The molecule has 0 radical (unpaired) electrons. The zero-order valence-electron chi connectivity index (χ0n) is 10.3. The van der Waals surface area contributed by atoms with Crippen LogP contribution in [0.1, 0.15) is 17.2 Å². The summed E-state index contributed by atoms with van der Waals surface area (Å²) in [6.07, 6.45) is 0.893. The molecule has 19 heavy (non-hydrogen) atoms. The lowest BCUT2D eigenvalue weighted by atomic mass is 9.99. The molecule has 1 atom stereocenters. The predicted molar refractivity (Wildman–Crippen MR) is 91.6 cm³/mol. The minimum absolute atomic E-state index is 0.0648. The quantitative estimate of drug-likeness (QED) is 0.653. The van der Waals surface area contributed by atoms with Crippen molar-refractivity contribution in [2.24, 2.45) is 5.73 Å². The zero-order chi connectivity index (χ0) is 13.2. The lowest BCUT2D eigenvalue weighted by Crippen LogP contribution is -2.13. The van der Waals surface area contributed by atoms with Gasteiger partial charge >= 0.3 is 0 Å². The average molecular weight is 379 g/mol. The molecule has 1 nitrogen and oxygen atoms in total. The second kappa shape index (κ2) is 5.61. The molecule has 0 aliphatic carbocycles. The summed E-state index contributed by atoms with van der Waals surface area (Å²) in [6, 6.07) is 17.1. The maximum Gasteiger partial charge on any atom is 0.0345 e. The summed E-state index contributed by atoms with van der Waals surface area (Å²) in [5, 5.41) is 3.57. The molecular formula is C16H14INS. The van der Waals surface area contributed by atoms with Crippen molar-refractivity contribution in [1.82, 2.24) is 0 Å². The molecule has 0 amide bonds. The number of fused-ring (bicyclic) bond motifs is 1. The van der Waals surface area contributed by atoms with Crippen LogP contribution in [-0.4, -0.2) is 0 Å². The van der Waals surface area contributed by atoms with E-state index in [9.17, 15) is 0 Å². The van der Waals surface area contributed by atoms with Crippen molar-refractivity contribution in [1.29, 1.82) is 0 Å². The van der Waals surface area contributed by atoms with Crippen molar-refractivity contribution in [3.63, 3.8) is 0 Å². The van der Waals surface area contributed by atoms with Crippen LogP contribution in [0.5, 0.6) is 0 Å². The van der Waals surface area contributed by atoms with E-state index >= 15 is 0 Å². The van der Waals surface area contributed by atoms with Crippen LogP contribution >= 0.6 is 33.9 Å². The third-order valence-corrected chi connectivity index (χ3v) is 5.03. The lowest BCUT2D eigenvalue weighted by Gasteiger charge is -2.11. The van der Waals surface area contributed by atoms with Crippen molar-refractivity contribution in [3.8, 4) is 0 Å². The Hall–Kier alpha value is -0.910. The van der Waals surface area contributed by atoms with Gasteiger partial charge in [0, 0.05) is 14.3 Å². The number of hydrogen-bond acceptors (Lipinski definition) is 2. The molecule has 96 valence electrons. The van der Waals surface area contributed by atoms with E-state index in [1.165, 1.54) is 24.8 Å². The van der Waals surface area contributed by atoms with Crippen LogP contribution in [0.4, 0.5) is 0 Å². The fourth-order valence-electron chi connectivity index (χ4n) is 2.26. The van der Waals surface area contributed by atoms with Gasteiger partial charge in [-0.1, -0.05) is 30.3 Å². The van der Waals surface area contributed by atoms with E-state index in [2.05, 4.69) is 76.5 Å². The van der Waals surface area contributed by atoms with Crippen molar-refractivity contribution < 1.29 is 0 Å². The normalized spacial score (nSPS) is 12.7. The van der Waals surface area contributed by atoms with Gasteiger partial charge in [-0.05, 0) is 69.1 Å². The Morgan fingerprint density at radius 1 is 1.05 bits per heavy atom. The highest BCUT2D eigenvalue weighted by Crippen LogP contribution is 2.28. The van der Waals surface area contributed by atoms with Gasteiger partial charge in [-0.25, -0.2) is 0 Å². The number of nitrogens with two attached hydrogens (primary N) is 1. The van der Waals surface area contributed by atoms with Gasteiger partial charge in [0.1, 0.15) is 0 Å². The fourth-order valence-corrected chi connectivity index (χ4v) is 3.59. The molecule has 0 aliphatic rings. The molecule has 1 heterocycles. The Balaban J connectivity index is 1.86. The van der Waals surface area contributed by atoms with Crippen molar-refractivity contribution in [2.75, 3.05) is 0 Å². The first-order valence-electron chi connectivity index (χ1n) is 6.20. The molecule has 0 bridgehead atoms. The Bertz CT molecular complexity index is 687. The van der Waals surface area contributed by atoms with E-state index in [4.69, 9.17) is 5.73 Å². The Morgan fingerprint density at radius 3 is 2.58 bits per heavy atom. The number of benzene rings is 2. The van der Waals surface area contributed by atoms with Crippen LogP contribution < -0.4 is 5.73 Å². The summed E-state index contributed by atoms with van der Waals surface area (Å²) < 4.78 is 2.59. The van der Waals surface area contributed by atoms with E-state index < -0.39 is 0 Å². The maximum atomic E-state index is 6.33. The fraction of sp³-hybridized carbons (Fsp3) is 0.125. The van der Waals surface area contributed by atoms with Crippen LogP contribution in [-0.2, 0) is 6.42 Å². The highest BCUT2D eigenvalue weighted by atomic mass is 127. The molecule has 2 aromatic carbocycles. The van der Waals surface area contributed by atoms with E-state index in [1.54, 1.807) is 11.3 Å². The van der Waals surface area contributed by atoms with E-state index in [-0.39, 0.29) is 6.04 Å². The third kappa shape index (κ3) is 2.83. The molecule has 3 rings (SSSR count).